The minimum absolute atomic E-state index is 0.0999. The van der Waals surface area contributed by atoms with E-state index in [1.165, 1.54) is 30.6 Å². The summed E-state index contributed by atoms with van der Waals surface area (Å²) in [5.74, 6) is 0. The average molecular weight is 314 g/mol. The summed E-state index contributed by atoms with van der Waals surface area (Å²) in [5.41, 5.74) is -0.0768. The van der Waals surface area contributed by atoms with E-state index in [2.05, 4.69) is 9.71 Å². The number of rotatable bonds is 4. The van der Waals surface area contributed by atoms with Gasteiger partial charge in [-0.3, -0.25) is 19.8 Å². The molecule has 0 aliphatic rings. The van der Waals surface area contributed by atoms with Crippen LogP contribution in [-0.2, 0) is 10.0 Å². The summed E-state index contributed by atoms with van der Waals surface area (Å²) in [6.07, 6.45) is 2.82. The fourth-order valence-electron chi connectivity index (χ4n) is 1.44. The molecule has 1 N–H and O–H groups in total. The number of aromatic nitrogens is 1. The number of benzene rings is 1. The topological polar surface area (TPSA) is 102 Å². The summed E-state index contributed by atoms with van der Waals surface area (Å²) in [7, 11) is -4.01. The van der Waals surface area contributed by atoms with Crippen molar-refractivity contribution in [3.63, 3.8) is 0 Å². The molecular weight excluding hydrogens is 306 g/mol. The smallest absolute Gasteiger partial charge is 0.270 e. The molecule has 0 spiro atoms. The van der Waals surface area contributed by atoms with Gasteiger partial charge in [0.15, 0.2) is 0 Å². The Kier molecular flexibility index (Phi) is 3.86. The van der Waals surface area contributed by atoms with Crippen LogP contribution in [0.15, 0.2) is 47.6 Å². The second-order valence-corrected chi connectivity index (χ2v) is 5.77. The van der Waals surface area contributed by atoms with E-state index in [0.29, 0.717) is 0 Å². The summed E-state index contributed by atoms with van der Waals surface area (Å²) in [5, 5.41) is 10.6. The molecule has 1 aromatic heterocycles. The molecule has 0 bridgehead atoms. The first-order valence-electron chi connectivity index (χ1n) is 5.27. The summed E-state index contributed by atoms with van der Waals surface area (Å²) in [6.45, 7) is 0. The normalized spacial score (nSPS) is 11.1. The minimum atomic E-state index is -4.01. The number of nitro benzene ring substituents is 1. The van der Waals surface area contributed by atoms with E-state index in [1.807, 2.05) is 0 Å². The SMILES string of the molecule is O=[N+]([O-])c1ccc(Cl)c(S(=O)(=O)Nc2ccncc2)c1. The Bertz CT molecular complexity index is 750. The molecule has 20 heavy (non-hydrogen) atoms. The molecule has 0 atom stereocenters. The van der Waals surface area contributed by atoms with Crippen LogP contribution in [0.2, 0.25) is 5.02 Å². The number of nitro groups is 1. The lowest BCUT2D eigenvalue weighted by Crippen LogP contribution is -2.13. The first-order valence-corrected chi connectivity index (χ1v) is 7.13. The first-order chi connectivity index (χ1) is 9.40. The van der Waals surface area contributed by atoms with E-state index in [1.54, 1.807) is 0 Å². The summed E-state index contributed by atoms with van der Waals surface area (Å²) in [6, 6.07) is 6.10. The molecule has 2 aromatic rings. The molecule has 7 nitrogen and oxygen atoms in total. The second kappa shape index (κ2) is 5.43. The Morgan fingerprint density at radius 1 is 1.20 bits per heavy atom. The number of non-ortho nitro benzene ring substituents is 1. The Balaban J connectivity index is 2.44. The van der Waals surface area contributed by atoms with Gasteiger partial charge in [0, 0.05) is 24.5 Å². The number of halogens is 1. The van der Waals surface area contributed by atoms with Gasteiger partial charge in [-0.1, -0.05) is 11.6 Å². The fraction of sp³-hybridized carbons (Fsp3) is 0. The molecule has 0 saturated heterocycles. The van der Waals surface area contributed by atoms with E-state index in [-0.39, 0.29) is 21.3 Å². The number of hydrogen-bond donors (Lipinski definition) is 1. The van der Waals surface area contributed by atoms with Gasteiger partial charge < -0.3 is 0 Å². The van der Waals surface area contributed by atoms with Gasteiger partial charge in [0.1, 0.15) is 4.90 Å². The highest BCUT2D eigenvalue weighted by Crippen LogP contribution is 2.27. The molecule has 0 amide bonds. The Hall–Kier alpha value is -2.19. The van der Waals surface area contributed by atoms with Gasteiger partial charge in [0.05, 0.1) is 15.6 Å². The quantitative estimate of drug-likeness (QED) is 0.690. The maximum absolute atomic E-state index is 12.2. The monoisotopic (exact) mass is 313 g/mol. The van der Waals surface area contributed by atoms with Crippen molar-refractivity contribution in [3.8, 4) is 0 Å². The second-order valence-electron chi connectivity index (χ2n) is 3.71. The van der Waals surface area contributed by atoms with Crippen LogP contribution in [0, 0.1) is 10.1 Å². The van der Waals surface area contributed by atoms with Gasteiger partial charge >= 0.3 is 0 Å². The van der Waals surface area contributed by atoms with Gasteiger partial charge in [-0.25, -0.2) is 8.42 Å². The van der Waals surface area contributed by atoms with Gasteiger partial charge in [-0.15, -0.1) is 0 Å². The molecule has 2 rings (SSSR count). The molecule has 104 valence electrons. The van der Waals surface area contributed by atoms with Crippen LogP contribution in [0.25, 0.3) is 0 Å². The molecule has 0 aliphatic carbocycles. The highest BCUT2D eigenvalue weighted by molar-refractivity contribution is 7.92. The van der Waals surface area contributed by atoms with Crippen LogP contribution in [0.1, 0.15) is 0 Å². The molecule has 9 heteroatoms. The number of nitrogens with one attached hydrogen (secondary N) is 1. The van der Waals surface area contributed by atoms with Crippen molar-refractivity contribution in [2.24, 2.45) is 0 Å². The van der Waals surface area contributed by atoms with E-state index in [0.717, 1.165) is 12.1 Å². The van der Waals surface area contributed by atoms with Gasteiger partial charge in [-0.2, -0.15) is 0 Å². The zero-order valence-corrected chi connectivity index (χ0v) is 11.4. The van der Waals surface area contributed by atoms with Crippen molar-refractivity contribution in [3.05, 3.63) is 57.9 Å². The largest absolute Gasteiger partial charge is 0.279 e. The molecule has 0 radical (unpaired) electrons. The lowest BCUT2D eigenvalue weighted by molar-refractivity contribution is -0.385. The molecule has 0 saturated carbocycles. The number of anilines is 1. The standard InChI is InChI=1S/C11H8ClN3O4S/c12-10-2-1-9(15(16)17)7-11(10)20(18,19)14-8-3-5-13-6-4-8/h1-7H,(H,13,14). The van der Waals surface area contributed by atoms with Crippen LogP contribution in [0.3, 0.4) is 0 Å². The predicted octanol–water partition coefficient (Wildman–Crippen LogP) is 2.44. The van der Waals surface area contributed by atoms with E-state index in [4.69, 9.17) is 11.6 Å². The van der Waals surface area contributed by atoms with Crippen molar-refractivity contribution >= 4 is 33.0 Å². The van der Waals surface area contributed by atoms with Gasteiger partial charge in [0.2, 0.25) is 0 Å². The van der Waals surface area contributed by atoms with Gasteiger partial charge in [-0.05, 0) is 18.2 Å². The molecule has 1 aromatic carbocycles. The fourth-order valence-corrected chi connectivity index (χ4v) is 3.02. The lowest BCUT2D eigenvalue weighted by Gasteiger charge is -2.08. The number of sulfonamides is 1. The summed E-state index contributed by atoms with van der Waals surface area (Å²) < 4.78 is 26.6. The van der Waals surface area contributed by atoms with Crippen LogP contribution >= 0.6 is 11.6 Å². The van der Waals surface area contributed by atoms with Gasteiger partial charge in [0.25, 0.3) is 15.7 Å². The van der Waals surface area contributed by atoms with E-state index in [9.17, 15) is 18.5 Å². The molecule has 0 aliphatic heterocycles. The third-order valence-corrected chi connectivity index (χ3v) is 4.21. The zero-order valence-electron chi connectivity index (χ0n) is 9.86. The Labute approximate surface area is 119 Å². The molecule has 0 fully saturated rings. The van der Waals surface area contributed by atoms with Crippen LogP contribution in [0.4, 0.5) is 11.4 Å². The summed E-state index contributed by atoms with van der Waals surface area (Å²) in [4.78, 5) is 13.4. The maximum Gasteiger partial charge on any atom is 0.270 e. The zero-order chi connectivity index (χ0) is 14.8. The molecular formula is C11H8ClN3O4S. The minimum Gasteiger partial charge on any atom is -0.279 e. The lowest BCUT2D eigenvalue weighted by atomic mass is 10.3. The number of nitrogens with zero attached hydrogens (tertiary/aromatic N) is 2. The van der Waals surface area contributed by atoms with Crippen LogP contribution in [0.5, 0.6) is 0 Å². The maximum atomic E-state index is 12.2. The highest BCUT2D eigenvalue weighted by atomic mass is 35.5. The predicted molar refractivity (Wildman–Crippen MR) is 73.2 cm³/mol. The third-order valence-electron chi connectivity index (χ3n) is 2.35. The average Bonchev–Trinajstić information content (AvgIpc) is 2.39. The Morgan fingerprint density at radius 3 is 2.45 bits per heavy atom. The number of pyridine rings is 1. The van der Waals surface area contributed by atoms with E-state index < -0.39 is 14.9 Å². The van der Waals surface area contributed by atoms with Crippen molar-refractivity contribution in [1.82, 2.24) is 4.98 Å². The Morgan fingerprint density at radius 2 is 1.85 bits per heavy atom. The van der Waals surface area contributed by atoms with Crippen LogP contribution < -0.4 is 4.72 Å². The molecule has 0 unspecified atom stereocenters. The van der Waals surface area contributed by atoms with Crippen molar-refractivity contribution in [2.45, 2.75) is 4.90 Å². The van der Waals surface area contributed by atoms with Crippen molar-refractivity contribution < 1.29 is 13.3 Å². The highest BCUT2D eigenvalue weighted by Gasteiger charge is 2.21. The first kappa shape index (κ1) is 14.2. The van der Waals surface area contributed by atoms with Crippen molar-refractivity contribution in [2.75, 3.05) is 4.72 Å². The number of hydrogen-bond acceptors (Lipinski definition) is 5. The third kappa shape index (κ3) is 3.03. The van der Waals surface area contributed by atoms with Crippen LogP contribution in [-0.4, -0.2) is 18.3 Å². The molecule has 1 heterocycles. The van der Waals surface area contributed by atoms with Crippen molar-refractivity contribution in [1.29, 1.82) is 0 Å². The van der Waals surface area contributed by atoms with E-state index >= 15 is 0 Å². The summed E-state index contributed by atoms with van der Waals surface area (Å²) >= 11 is 5.80.